The number of aryl methyl sites for hydroxylation is 2. The molecule has 1 amide bonds. The maximum absolute atomic E-state index is 11.9. The number of benzene rings is 1. The van der Waals surface area contributed by atoms with Crippen LogP contribution in [0.25, 0.3) is 0 Å². The van der Waals surface area contributed by atoms with E-state index in [-0.39, 0.29) is 25.2 Å². The molecule has 0 atom stereocenters. The second-order valence-electron chi connectivity index (χ2n) is 6.99. The lowest BCUT2D eigenvalue weighted by Crippen LogP contribution is -2.37. The molecule has 0 heterocycles. The Balaban J connectivity index is 1.35. The molecule has 2 aliphatic rings. The van der Waals surface area contributed by atoms with Crippen LogP contribution in [0.3, 0.4) is 0 Å². The lowest BCUT2D eigenvalue weighted by Gasteiger charge is -2.16. The van der Waals surface area contributed by atoms with Crippen molar-refractivity contribution in [2.75, 3.05) is 13.2 Å². The highest BCUT2D eigenvalue weighted by atomic mass is 16.6. The molecule has 5 heteroatoms. The van der Waals surface area contributed by atoms with Crippen molar-refractivity contribution in [2.45, 2.75) is 63.8 Å². The second-order valence-corrected chi connectivity index (χ2v) is 6.99. The molecule has 25 heavy (non-hydrogen) atoms. The Morgan fingerprint density at radius 2 is 1.72 bits per heavy atom. The maximum Gasteiger partial charge on any atom is 0.344 e. The Bertz CT molecular complexity index is 606. The Kier molecular flexibility index (Phi) is 6.31. The summed E-state index contributed by atoms with van der Waals surface area (Å²) in [5, 5.41) is 2.96. The summed E-state index contributed by atoms with van der Waals surface area (Å²) in [5.41, 5.74) is 2.67. The molecule has 0 aromatic heterocycles. The molecule has 1 fully saturated rings. The van der Waals surface area contributed by atoms with Crippen LogP contribution >= 0.6 is 0 Å². The van der Waals surface area contributed by atoms with Gasteiger partial charge in [-0.25, -0.2) is 4.79 Å². The van der Waals surface area contributed by atoms with Crippen molar-refractivity contribution in [1.29, 1.82) is 0 Å². The maximum atomic E-state index is 11.9. The van der Waals surface area contributed by atoms with Gasteiger partial charge in [0.15, 0.2) is 13.2 Å². The summed E-state index contributed by atoms with van der Waals surface area (Å²) in [6.45, 7) is -0.404. The third kappa shape index (κ3) is 5.48. The number of nitrogens with one attached hydrogen (secondary N) is 1. The molecule has 2 aliphatic carbocycles. The van der Waals surface area contributed by atoms with Gasteiger partial charge >= 0.3 is 5.97 Å². The fourth-order valence-electron chi connectivity index (χ4n) is 3.66. The summed E-state index contributed by atoms with van der Waals surface area (Å²) in [4.78, 5) is 23.7. The SMILES string of the molecule is O=C(COC(=O)COc1ccc2c(c1)CCC2)NC1CCCCCC1. The van der Waals surface area contributed by atoms with Crippen LogP contribution in [0.5, 0.6) is 5.75 Å². The Hall–Kier alpha value is -2.04. The van der Waals surface area contributed by atoms with E-state index in [0.29, 0.717) is 5.75 Å². The Labute approximate surface area is 149 Å². The molecule has 0 radical (unpaired) electrons. The van der Waals surface area contributed by atoms with Gasteiger partial charge in [-0.15, -0.1) is 0 Å². The van der Waals surface area contributed by atoms with Crippen molar-refractivity contribution in [3.8, 4) is 5.75 Å². The van der Waals surface area contributed by atoms with E-state index in [1.165, 1.54) is 30.4 Å². The molecule has 1 aromatic rings. The van der Waals surface area contributed by atoms with Crippen LogP contribution in [0.2, 0.25) is 0 Å². The van der Waals surface area contributed by atoms with Gasteiger partial charge in [-0.2, -0.15) is 0 Å². The highest BCUT2D eigenvalue weighted by molar-refractivity contribution is 5.81. The first-order chi connectivity index (χ1) is 12.2. The molecule has 0 saturated heterocycles. The number of amides is 1. The van der Waals surface area contributed by atoms with Crippen LogP contribution in [0.15, 0.2) is 18.2 Å². The van der Waals surface area contributed by atoms with Crippen molar-refractivity contribution in [1.82, 2.24) is 5.32 Å². The summed E-state index contributed by atoms with van der Waals surface area (Å²) in [6.07, 6.45) is 10.2. The fourth-order valence-corrected chi connectivity index (χ4v) is 3.66. The van der Waals surface area contributed by atoms with Gasteiger partial charge in [0, 0.05) is 6.04 Å². The summed E-state index contributed by atoms with van der Waals surface area (Å²) in [6, 6.07) is 6.16. The van der Waals surface area contributed by atoms with E-state index in [9.17, 15) is 9.59 Å². The van der Waals surface area contributed by atoms with Crippen molar-refractivity contribution >= 4 is 11.9 Å². The lowest BCUT2D eigenvalue weighted by atomic mass is 10.1. The van der Waals surface area contributed by atoms with E-state index in [1.807, 2.05) is 12.1 Å². The highest BCUT2D eigenvalue weighted by Gasteiger charge is 2.16. The van der Waals surface area contributed by atoms with Gasteiger partial charge < -0.3 is 14.8 Å². The average molecular weight is 345 g/mol. The number of fused-ring (bicyclic) bond motifs is 1. The molecule has 136 valence electrons. The van der Waals surface area contributed by atoms with E-state index in [0.717, 1.165) is 38.5 Å². The van der Waals surface area contributed by atoms with E-state index < -0.39 is 5.97 Å². The predicted octanol–water partition coefficient (Wildman–Crippen LogP) is 2.94. The van der Waals surface area contributed by atoms with Crippen LogP contribution in [0.4, 0.5) is 0 Å². The lowest BCUT2D eigenvalue weighted by molar-refractivity contribution is -0.150. The molecular formula is C20H27NO4. The quantitative estimate of drug-likeness (QED) is 0.636. The van der Waals surface area contributed by atoms with Gasteiger partial charge in [-0.05, 0) is 55.4 Å². The molecule has 0 aliphatic heterocycles. The molecule has 0 spiro atoms. The minimum absolute atomic E-state index is 0.171. The average Bonchev–Trinajstić information content (AvgIpc) is 2.94. The third-order valence-corrected chi connectivity index (χ3v) is 5.01. The van der Waals surface area contributed by atoms with Crippen LogP contribution in [-0.4, -0.2) is 31.1 Å². The van der Waals surface area contributed by atoms with Gasteiger partial charge in [0.1, 0.15) is 5.75 Å². The fraction of sp³-hybridized carbons (Fsp3) is 0.600. The zero-order chi connectivity index (χ0) is 17.5. The first kappa shape index (κ1) is 17.8. The zero-order valence-corrected chi connectivity index (χ0v) is 14.7. The molecule has 5 nitrogen and oxygen atoms in total. The highest BCUT2D eigenvalue weighted by Crippen LogP contribution is 2.26. The number of rotatable bonds is 6. The Morgan fingerprint density at radius 1 is 0.960 bits per heavy atom. The van der Waals surface area contributed by atoms with Gasteiger partial charge in [0.25, 0.3) is 5.91 Å². The van der Waals surface area contributed by atoms with E-state index in [1.54, 1.807) is 0 Å². The van der Waals surface area contributed by atoms with Crippen LogP contribution in [0, 0.1) is 0 Å². The molecule has 1 N–H and O–H groups in total. The van der Waals surface area contributed by atoms with E-state index in [2.05, 4.69) is 11.4 Å². The molecule has 1 saturated carbocycles. The zero-order valence-electron chi connectivity index (χ0n) is 14.7. The van der Waals surface area contributed by atoms with Crippen LogP contribution < -0.4 is 10.1 Å². The number of carbonyl (C=O) groups is 2. The topological polar surface area (TPSA) is 64.6 Å². The predicted molar refractivity (Wildman–Crippen MR) is 94.6 cm³/mol. The molecular weight excluding hydrogens is 318 g/mol. The van der Waals surface area contributed by atoms with Crippen molar-refractivity contribution in [2.24, 2.45) is 0 Å². The summed E-state index contributed by atoms with van der Waals surface area (Å²) >= 11 is 0. The molecule has 0 bridgehead atoms. The number of hydrogen-bond donors (Lipinski definition) is 1. The van der Waals surface area contributed by atoms with E-state index >= 15 is 0 Å². The van der Waals surface area contributed by atoms with Gasteiger partial charge in [0.05, 0.1) is 0 Å². The smallest absolute Gasteiger partial charge is 0.344 e. The number of carbonyl (C=O) groups excluding carboxylic acids is 2. The normalized spacial score (nSPS) is 17.4. The van der Waals surface area contributed by atoms with Gasteiger partial charge in [0.2, 0.25) is 0 Å². The van der Waals surface area contributed by atoms with Crippen molar-refractivity contribution < 1.29 is 19.1 Å². The third-order valence-electron chi connectivity index (χ3n) is 5.01. The monoisotopic (exact) mass is 345 g/mol. The van der Waals surface area contributed by atoms with E-state index in [4.69, 9.17) is 9.47 Å². The number of hydrogen-bond acceptors (Lipinski definition) is 4. The first-order valence-electron chi connectivity index (χ1n) is 9.40. The standard InChI is InChI=1S/C20H27NO4/c22-19(21-17-8-3-1-2-4-9-17)13-25-20(23)14-24-18-11-10-15-6-5-7-16(15)12-18/h10-12,17H,1-9,13-14H2,(H,21,22). The van der Waals surface area contributed by atoms with Crippen LogP contribution in [0.1, 0.15) is 56.1 Å². The second kappa shape index (κ2) is 8.88. The van der Waals surface area contributed by atoms with Crippen molar-refractivity contribution in [3.05, 3.63) is 29.3 Å². The number of esters is 1. The van der Waals surface area contributed by atoms with Gasteiger partial charge in [-0.3, -0.25) is 4.79 Å². The summed E-state index contributed by atoms with van der Waals surface area (Å²) in [7, 11) is 0. The summed E-state index contributed by atoms with van der Waals surface area (Å²) < 4.78 is 10.5. The minimum atomic E-state index is -0.517. The summed E-state index contributed by atoms with van der Waals surface area (Å²) in [5.74, 6) is -0.0604. The Morgan fingerprint density at radius 3 is 2.52 bits per heavy atom. The largest absolute Gasteiger partial charge is 0.482 e. The van der Waals surface area contributed by atoms with Crippen LogP contribution in [-0.2, 0) is 27.2 Å². The first-order valence-corrected chi connectivity index (χ1v) is 9.40. The number of ether oxygens (including phenoxy) is 2. The van der Waals surface area contributed by atoms with Crippen molar-refractivity contribution in [3.63, 3.8) is 0 Å². The molecule has 1 aromatic carbocycles. The molecule has 3 rings (SSSR count). The van der Waals surface area contributed by atoms with Gasteiger partial charge in [-0.1, -0.05) is 31.7 Å². The molecule has 0 unspecified atom stereocenters. The minimum Gasteiger partial charge on any atom is -0.482 e.